The van der Waals surface area contributed by atoms with Crippen LogP contribution in [0.15, 0.2) is 24.3 Å². The maximum atomic E-state index is 11.6. The van der Waals surface area contributed by atoms with Crippen LogP contribution >= 0.6 is 0 Å². The first-order chi connectivity index (χ1) is 10.0. The number of benzene rings is 1. The van der Waals surface area contributed by atoms with Gasteiger partial charge in [0.1, 0.15) is 24.5 Å². The maximum absolute atomic E-state index is 11.6. The van der Waals surface area contributed by atoms with Crippen molar-refractivity contribution < 1.29 is 55.5 Å². The van der Waals surface area contributed by atoms with Crippen molar-refractivity contribution in [2.75, 3.05) is 34.3 Å². The topological polar surface area (TPSA) is 127 Å². The molecule has 0 aliphatic heterocycles. The first kappa shape index (κ1) is 24.5. The fourth-order valence-corrected chi connectivity index (χ4v) is 1.14. The Hall–Kier alpha value is -0.733. The molecule has 2 unspecified atom stereocenters. The van der Waals surface area contributed by atoms with Crippen LogP contribution in [0.5, 0.6) is 5.75 Å². The van der Waals surface area contributed by atoms with Gasteiger partial charge in [-0.15, -0.1) is 0 Å². The molecule has 0 spiro atoms. The van der Waals surface area contributed by atoms with E-state index in [1.54, 1.807) is 18.2 Å². The van der Waals surface area contributed by atoms with E-state index in [4.69, 9.17) is 22.3 Å². The molecule has 1 rings (SSSR count). The molecule has 0 saturated heterocycles. The number of phenolic OH excluding ortho intramolecular Hbond substituents is 1. The van der Waals surface area contributed by atoms with Crippen molar-refractivity contribution in [3.63, 3.8) is 0 Å². The molecule has 126 valence electrons. The first-order valence-electron chi connectivity index (χ1n) is 5.99. The second kappa shape index (κ2) is 11.7. The summed E-state index contributed by atoms with van der Waals surface area (Å²) in [4.78, 5) is 11.6. The minimum Gasteiger partial charge on any atom is -0.763 e. The van der Waals surface area contributed by atoms with Crippen LogP contribution in [-0.4, -0.2) is 67.4 Å². The summed E-state index contributed by atoms with van der Waals surface area (Å²) in [6, 6.07) is 6.37. The number of para-hydroxylation sites is 1. The van der Waals surface area contributed by atoms with Gasteiger partial charge in [0.05, 0.1) is 21.1 Å². The Labute approximate surface area is 151 Å². The average Bonchev–Trinajstić information content (AvgIpc) is 2.38. The number of aromatic hydroxyl groups is 1. The van der Waals surface area contributed by atoms with Crippen LogP contribution in [0.25, 0.3) is 0 Å². The van der Waals surface area contributed by atoms with E-state index < -0.39 is 26.2 Å². The molecule has 0 amide bonds. The third-order valence-corrected chi connectivity index (χ3v) is 3.12. The Morgan fingerprint density at radius 2 is 1.65 bits per heavy atom. The van der Waals surface area contributed by atoms with Crippen LogP contribution in [0.1, 0.15) is 10.4 Å². The van der Waals surface area contributed by atoms with Crippen molar-refractivity contribution in [3.8, 4) is 5.75 Å². The molecule has 0 heterocycles. The van der Waals surface area contributed by atoms with Gasteiger partial charge in [-0.1, -0.05) is 12.1 Å². The van der Waals surface area contributed by atoms with Crippen molar-refractivity contribution in [3.05, 3.63) is 29.8 Å². The predicted molar refractivity (Wildman–Crippen MR) is 79.1 cm³/mol. The fraction of sp³-hybridized carbons (Fsp3) is 0.417. The second-order valence-electron chi connectivity index (χ2n) is 5.08. The van der Waals surface area contributed by atoms with Crippen LogP contribution in [0.4, 0.5) is 0 Å². The van der Waals surface area contributed by atoms with Crippen molar-refractivity contribution in [1.29, 1.82) is 0 Å². The summed E-state index contributed by atoms with van der Waals surface area (Å²) in [6.07, 6.45) is 0. The van der Waals surface area contributed by atoms with Crippen LogP contribution < -0.4 is 18.9 Å². The van der Waals surface area contributed by atoms with E-state index in [2.05, 4.69) is 0 Å². The summed E-state index contributed by atoms with van der Waals surface area (Å²) in [6.45, 7) is 1.08. The minimum absolute atomic E-state index is 0. The molecule has 1 N–H and O–H groups in total. The van der Waals surface area contributed by atoms with Gasteiger partial charge in [0, 0.05) is 20.2 Å². The summed E-state index contributed by atoms with van der Waals surface area (Å²) in [7, 11) is 0.164. The van der Waals surface area contributed by atoms with Gasteiger partial charge in [0.25, 0.3) is 0 Å². The van der Waals surface area contributed by atoms with Crippen molar-refractivity contribution in [1.82, 2.24) is 0 Å². The van der Waals surface area contributed by atoms with E-state index in [1.807, 2.05) is 21.1 Å². The molecule has 0 aliphatic rings. The van der Waals surface area contributed by atoms with E-state index >= 15 is 0 Å². The van der Waals surface area contributed by atoms with E-state index in [0.29, 0.717) is 6.61 Å². The second-order valence-corrected chi connectivity index (χ2v) is 7.52. The third-order valence-electron chi connectivity index (χ3n) is 2.23. The molecule has 0 bridgehead atoms. The van der Waals surface area contributed by atoms with Crippen molar-refractivity contribution in [2.24, 2.45) is 0 Å². The normalized spacial score (nSPS) is 12.9. The van der Waals surface area contributed by atoms with Crippen LogP contribution in [0.2, 0.25) is 0 Å². The Bertz CT molecular complexity index is 536. The van der Waals surface area contributed by atoms with Gasteiger partial charge in [-0.25, -0.2) is 4.79 Å². The Morgan fingerprint density at radius 1 is 1.17 bits per heavy atom. The van der Waals surface area contributed by atoms with E-state index in [0.717, 1.165) is 11.0 Å². The zero-order valence-electron chi connectivity index (χ0n) is 13.4. The number of likely N-dealkylation sites (N-methyl/N-ethyl adjacent to an activating group) is 1. The molecule has 0 aromatic heterocycles. The quantitative estimate of drug-likeness (QED) is 0.194. The molecule has 0 radical (unpaired) electrons. The maximum Gasteiger partial charge on any atom is 1.00 e. The Kier molecular flexibility index (Phi) is 12.5. The number of nitrogens with zero attached hydrogens (tertiary/aromatic N) is 1. The molecule has 8 nitrogen and oxygen atoms in total. The van der Waals surface area contributed by atoms with Crippen LogP contribution in [0.3, 0.4) is 0 Å². The van der Waals surface area contributed by atoms with Crippen LogP contribution in [-0.2, 0) is 25.0 Å². The van der Waals surface area contributed by atoms with E-state index in [1.165, 1.54) is 6.07 Å². The molecule has 1 aromatic rings. The number of carbonyl (C=O) groups is 1. The standard InChI is InChI=1S/C12H17NO3.Li.H2O4S2/c1-13(2,3)8-9-16-12(15)10-6-4-5-7-11(10)14;;1-5(2)6(3)4/h4-7H,8-9H2,1-3H3;;(H,1,2)(H,3,4)/q;+1;/p-1. The number of esters is 1. The average molecular weight is 359 g/mol. The number of rotatable bonds is 5. The molecule has 23 heavy (non-hydrogen) atoms. The molecule has 0 saturated carbocycles. The number of ether oxygens (including phenoxy) is 1. The summed E-state index contributed by atoms with van der Waals surface area (Å²) >= 11 is 0. The third kappa shape index (κ3) is 12.4. The van der Waals surface area contributed by atoms with Gasteiger partial charge in [-0.3, -0.25) is 8.42 Å². The van der Waals surface area contributed by atoms with Gasteiger partial charge >= 0.3 is 24.8 Å². The molecule has 1 aromatic carbocycles. The Morgan fingerprint density at radius 3 is 2.04 bits per heavy atom. The number of hydrogen-bond donors (Lipinski definition) is 1. The summed E-state index contributed by atoms with van der Waals surface area (Å²) in [5.74, 6) is -0.524. The predicted octanol–water partition coefficient (Wildman–Crippen LogP) is -3.08. The molecule has 11 heteroatoms. The molecule has 0 fully saturated rings. The first-order valence-corrected chi connectivity index (χ1v) is 8.66. The number of hydrogen-bond acceptors (Lipinski definition) is 7. The summed E-state index contributed by atoms with van der Waals surface area (Å²) in [5, 5.41) is 9.44. The van der Waals surface area contributed by atoms with Gasteiger partial charge in [-0.2, -0.15) is 0 Å². The SMILES string of the molecule is C[N+](C)(C)CCOC(=O)c1ccccc1O.O=S([O-])S(=O)[O-].[Li+]. The van der Waals surface area contributed by atoms with Gasteiger partial charge < -0.3 is 23.4 Å². The van der Waals surface area contributed by atoms with E-state index in [-0.39, 0.29) is 30.2 Å². The smallest absolute Gasteiger partial charge is 0.763 e. The van der Waals surface area contributed by atoms with Crippen LogP contribution in [0, 0.1) is 0 Å². The molecule has 2 atom stereocenters. The number of carbonyl (C=O) groups excluding carboxylic acids is 1. The van der Waals surface area contributed by atoms with Crippen molar-refractivity contribution in [2.45, 2.75) is 0 Å². The zero-order chi connectivity index (χ0) is 17.3. The Balaban J connectivity index is 0. The van der Waals surface area contributed by atoms with E-state index in [9.17, 15) is 9.90 Å². The number of phenols is 1. The van der Waals surface area contributed by atoms with Gasteiger partial charge in [0.2, 0.25) is 0 Å². The number of quaternary nitrogens is 1. The largest absolute Gasteiger partial charge is 1.00 e. The fourth-order valence-electron chi connectivity index (χ4n) is 1.14. The summed E-state index contributed by atoms with van der Waals surface area (Å²) < 4.78 is 42.1. The molecular formula is C12H18LiNO7S2. The van der Waals surface area contributed by atoms with Gasteiger partial charge in [-0.05, 0) is 12.1 Å². The zero-order valence-corrected chi connectivity index (χ0v) is 15.0. The summed E-state index contributed by atoms with van der Waals surface area (Å²) in [5.41, 5.74) is 0.212. The minimum atomic E-state index is -2.95. The molecule has 0 aliphatic carbocycles. The van der Waals surface area contributed by atoms with Crippen molar-refractivity contribution >= 4 is 26.2 Å². The van der Waals surface area contributed by atoms with Gasteiger partial charge in [0.15, 0.2) is 0 Å². The molecular weight excluding hydrogens is 341 g/mol. The monoisotopic (exact) mass is 359 g/mol.